The van der Waals surface area contributed by atoms with Crippen molar-refractivity contribution in [2.24, 2.45) is 0 Å². The molecule has 0 fully saturated rings. The van der Waals surface area contributed by atoms with E-state index < -0.39 is 0 Å². The summed E-state index contributed by atoms with van der Waals surface area (Å²) in [6, 6.07) is 18.4. The van der Waals surface area contributed by atoms with Crippen LogP contribution in [0.3, 0.4) is 0 Å². The number of pyridine rings is 1. The van der Waals surface area contributed by atoms with Gasteiger partial charge in [-0.15, -0.1) is 0 Å². The Morgan fingerprint density at radius 2 is 1.73 bits per heavy atom. The summed E-state index contributed by atoms with van der Waals surface area (Å²) in [5, 5.41) is 2.40. The van der Waals surface area contributed by atoms with Gasteiger partial charge in [-0.1, -0.05) is 42.5 Å². The smallest absolute Gasteiger partial charge is 0.230 e. The van der Waals surface area contributed by atoms with Crippen LogP contribution in [-0.2, 0) is 6.42 Å². The fourth-order valence-electron chi connectivity index (χ4n) is 3.49. The summed E-state index contributed by atoms with van der Waals surface area (Å²) in [7, 11) is 0. The highest BCUT2D eigenvalue weighted by atomic mass is 16.1. The van der Waals surface area contributed by atoms with Gasteiger partial charge in [-0.25, -0.2) is 0 Å². The molecule has 0 aliphatic heterocycles. The molecular weight excluding hydrogens is 270 g/mol. The van der Waals surface area contributed by atoms with Crippen LogP contribution in [0.2, 0.25) is 0 Å². The molecule has 1 aliphatic rings. The van der Waals surface area contributed by atoms with Crippen LogP contribution in [-0.4, -0.2) is 5.78 Å². The lowest BCUT2D eigenvalue weighted by molar-refractivity contribution is -0.713. The number of ketones is 1. The first-order valence-electron chi connectivity index (χ1n) is 7.77. The molecule has 1 atom stereocenters. The van der Waals surface area contributed by atoms with Crippen molar-refractivity contribution in [3.05, 3.63) is 77.6 Å². The molecular formula is C20H18NO+. The molecule has 0 N–H and O–H groups in total. The third-order valence-electron chi connectivity index (χ3n) is 4.65. The molecule has 1 heterocycles. The Labute approximate surface area is 130 Å². The molecule has 0 bridgehead atoms. The van der Waals surface area contributed by atoms with Crippen LogP contribution in [0, 0.1) is 6.92 Å². The van der Waals surface area contributed by atoms with Crippen LogP contribution in [0.15, 0.2) is 60.8 Å². The molecule has 3 aromatic rings. The van der Waals surface area contributed by atoms with E-state index in [1.807, 2.05) is 30.3 Å². The Morgan fingerprint density at radius 1 is 1.00 bits per heavy atom. The third-order valence-corrected chi connectivity index (χ3v) is 4.65. The number of hydrogen-bond acceptors (Lipinski definition) is 1. The number of aromatic nitrogens is 1. The number of nitrogens with zero attached hydrogens (tertiary/aromatic N) is 1. The first-order valence-corrected chi connectivity index (χ1v) is 7.77. The minimum Gasteiger partial charge on any atom is -0.287 e. The zero-order chi connectivity index (χ0) is 15.1. The number of fused-ring (bicyclic) bond motifs is 2. The van der Waals surface area contributed by atoms with E-state index in [-0.39, 0.29) is 11.8 Å². The quantitative estimate of drug-likeness (QED) is 0.624. The van der Waals surface area contributed by atoms with E-state index >= 15 is 0 Å². The number of benzene rings is 2. The zero-order valence-corrected chi connectivity index (χ0v) is 12.6. The van der Waals surface area contributed by atoms with Crippen molar-refractivity contribution in [2.45, 2.75) is 25.8 Å². The summed E-state index contributed by atoms with van der Waals surface area (Å²) in [6.07, 6.45) is 3.96. The van der Waals surface area contributed by atoms with Crippen molar-refractivity contribution in [1.29, 1.82) is 0 Å². The summed E-state index contributed by atoms with van der Waals surface area (Å²) in [5.74, 6) is 0.241. The Hall–Kier alpha value is -2.48. The van der Waals surface area contributed by atoms with Crippen LogP contribution in [0.25, 0.3) is 10.8 Å². The van der Waals surface area contributed by atoms with Gasteiger partial charge in [-0.05, 0) is 23.4 Å². The van der Waals surface area contributed by atoms with Crippen LogP contribution < -0.4 is 4.57 Å². The first kappa shape index (κ1) is 13.2. The molecule has 22 heavy (non-hydrogen) atoms. The second kappa shape index (κ2) is 5.06. The van der Waals surface area contributed by atoms with Gasteiger partial charge in [-0.3, -0.25) is 4.79 Å². The molecule has 2 nitrogen and oxygen atoms in total. The van der Waals surface area contributed by atoms with Gasteiger partial charge in [0.15, 0.2) is 11.9 Å². The van der Waals surface area contributed by atoms with Gasteiger partial charge < -0.3 is 0 Å². The minimum atomic E-state index is -0.0838. The van der Waals surface area contributed by atoms with Crippen LogP contribution in [0.1, 0.15) is 34.1 Å². The molecule has 108 valence electrons. The van der Waals surface area contributed by atoms with Crippen LogP contribution >= 0.6 is 0 Å². The summed E-state index contributed by atoms with van der Waals surface area (Å²) in [4.78, 5) is 12.9. The summed E-state index contributed by atoms with van der Waals surface area (Å²) >= 11 is 0. The van der Waals surface area contributed by atoms with Gasteiger partial charge >= 0.3 is 0 Å². The maximum Gasteiger partial charge on any atom is 0.230 e. The number of carbonyl (C=O) groups excluding carboxylic acids is 1. The minimum absolute atomic E-state index is 0.0838. The van der Waals surface area contributed by atoms with Crippen molar-refractivity contribution in [2.75, 3.05) is 0 Å². The molecule has 2 heteroatoms. The van der Waals surface area contributed by atoms with E-state index in [4.69, 9.17) is 0 Å². The lowest BCUT2D eigenvalue weighted by atomic mass is 9.86. The second-order valence-corrected chi connectivity index (χ2v) is 6.03. The largest absolute Gasteiger partial charge is 0.287 e. The highest BCUT2D eigenvalue weighted by Crippen LogP contribution is 2.26. The molecule has 0 amide bonds. The van der Waals surface area contributed by atoms with Crippen molar-refractivity contribution in [3.8, 4) is 0 Å². The number of carbonyl (C=O) groups is 1. The molecule has 1 aliphatic carbocycles. The van der Waals surface area contributed by atoms with E-state index in [1.54, 1.807) is 0 Å². The van der Waals surface area contributed by atoms with Crippen molar-refractivity contribution >= 4 is 16.6 Å². The molecule has 1 aromatic heterocycles. The summed E-state index contributed by atoms with van der Waals surface area (Å²) < 4.78 is 2.15. The molecule has 0 radical (unpaired) electrons. The Kier molecular flexibility index (Phi) is 3.04. The second-order valence-electron chi connectivity index (χ2n) is 6.03. The van der Waals surface area contributed by atoms with E-state index in [9.17, 15) is 4.79 Å². The molecule has 0 spiro atoms. The lowest BCUT2D eigenvalue weighted by Gasteiger charge is -2.20. The topological polar surface area (TPSA) is 20.9 Å². The highest BCUT2D eigenvalue weighted by molar-refractivity contribution is 6.00. The predicted molar refractivity (Wildman–Crippen MR) is 87.0 cm³/mol. The number of Topliss-reactive ketones (excluding diaryl/α,β-unsaturated/α-hetero) is 1. The Balaban J connectivity index is 1.83. The van der Waals surface area contributed by atoms with E-state index in [0.717, 1.165) is 24.1 Å². The molecule has 0 unspecified atom stereocenters. The fourth-order valence-corrected chi connectivity index (χ4v) is 3.49. The molecule has 2 aromatic carbocycles. The van der Waals surface area contributed by atoms with Gasteiger partial charge in [0, 0.05) is 30.4 Å². The van der Waals surface area contributed by atoms with E-state index in [0.29, 0.717) is 0 Å². The van der Waals surface area contributed by atoms with Gasteiger partial charge in [-0.2, -0.15) is 4.57 Å². The van der Waals surface area contributed by atoms with Gasteiger partial charge in [0.25, 0.3) is 0 Å². The molecule has 0 saturated carbocycles. The number of rotatable bonds is 1. The standard InChI is InChI=1S/C20H18NO/c1-14-12-16-7-2-3-8-17(16)13-21(14)19-11-10-15-6-4-5-9-18(15)20(19)22/h2-9,12-13,19H,10-11H2,1H3/q+1/t19-/m0/s1. The average molecular weight is 288 g/mol. The van der Waals surface area contributed by atoms with Gasteiger partial charge in [0.05, 0.1) is 0 Å². The normalized spacial score (nSPS) is 17.5. The SMILES string of the molecule is Cc1cc2ccccc2c[n+]1[C@H]1CCc2ccccc2C1=O. The lowest BCUT2D eigenvalue weighted by Crippen LogP contribution is -2.48. The number of hydrogen-bond donors (Lipinski definition) is 0. The predicted octanol–water partition coefficient (Wildman–Crippen LogP) is 3.81. The van der Waals surface area contributed by atoms with Crippen molar-refractivity contribution < 1.29 is 9.36 Å². The third kappa shape index (κ3) is 2.03. The Morgan fingerprint density at radius 3 is 2.59 bits per heavy atom. The van der Waals surface area contributed by atoms with E-state index in [2.05, 4.69) is 42.0 Å². The first-order chi connectivity index (χ1) is 10.7. The summed E-state index contributed by atoms with van der Waals surface area (Å²) in [6.45, 7) is 2.08. The van der Waals surface area contributed by atoms with Crippen LogP contribution in [0.5, 0.6) is 0 Å². The maximum atomic E-state index is 12.9. The van der Waals surface area contributed by atoms with Crippen molar-refractivity contribution in [3.63, 3.8) is 0 Å². The monoisotopic (exact) mass is 288 g/mol. The van der Waals surface area contributed by atoms with Crippen molar-refractivity contribution in [1.82, 2.24) is 0 Å². The maximum absolute atomic E-state index is 12.9. The highest BCUT2D eigenvalue weighted by Gasteiger charge is 2.35. The molecule has 4 rings (SSSR count). The Bertz CT molecular complexity index is 882. The van der Waals surface area contributed by atoms with Crippen LogP contribution in [0.4, 0.5) is 0 Å². The molecule has 0 saturated heterocycles. The zero-order valence-electron chi connectivity index (χ0n) is 12.6. The van der Waals surface area contributed by atoms with E-state index in [1.165, 1.54) is 16.3 Å². The van der Waals surface area contributed by atoms with Gasteiger partial charge in [0.2, 0.25) is 11.8 Å². The fraction of sp³-hybridized carbons (Fsp3) is 0.200. The summed E-state index contributed by atoms with van der Waals surface area (Å²) in [5.41, 5.74) is 3.21. The number of aryl methyl sites for hydroxylation is 2. The van der Waals surface area contributed by atoms with Gasteiger partial charge in [0.1, 0.15) is 0 Å². The average Bonchev–Trinajstić information content (AvgIpc) is 2.55.